The van der Waals surface area contributed by atoms with Crippen molar-refractivity contribution in [2.45, 2.75) is 6.90 Å². The lowest BCUT2D eigenvalue weighted by Crippen LogP contribution is -1.72. The Balaban J connectivity index is 2.94. The third-order valence-corrected chi connectivity index (χ3v) is 0.889. The molecule has 0 amide bonds. The third kappa shape index (κ3) is 1.06. The van der Waals surface area contributed by atoms with Crippen molar-refractivity contribution in [2.75, 3.05) is 0 Å². The van der Waals surface area contributed by atoms with Gasteiger partial charge in [-0.25, -0.2) is 4.39 Å². The van der Waals surface area contributed by atoms with Gasteiger partial charge in [0.05, 0.1) is 0 Å². The highest BCUT2D eigenvalue weighted by atomic mass is 19.1. The number of aryl methyl sites for hydroxylation is 1. The molecule has 0 atom stereocenters. The quantitative estimate of drug-likeness (QED) is 0.481. The molecule has 42 valence electrons. The minimum atomic E-state index is -0.264. The molecule has 0 fully saturated rings. The van der Waals surface area contributed by atoms with E-state index in [1.54, 1.807) is 12.1 Å². The van der Waals surface area contributed by atoms with Crippen molar-refractivity contribution in [1.29, 1.82) is 0 Å². The number of rotatable bonds is 0. The zero-order valence-electron chi connectivity index (χ0n) is 5.39. The van der Waals surface area contributed by atoms with Crippen molar-refractivity contribution in [2.24, 2.45) is 0 Å². The van der Waals surface area contributed by atoms with Gasteiger partial charge in [-0.05, 0) is 24.6 Å². The van der Waals surface area contributed by atoms with E-state index in [-0.39, 0.29) is 12.7 Å². The summed E-state index contributed by atoms with van der Waals surface area (Å²) in [4.78, 5) is 0. The number of benzene rings is 1. The summed E-state index contributed by atoms with van der Waals surface area (Å²) in [6.45, 7) is 0.151. The molecule has 0 bridgehead atoms. The maximum absolute atomic E-state index is 12.3. The summed E-state index contributed by atoms with van der Waals surface area (Å²) in [6, 6.07) is 6.08. The number of halogens is 1. The smallest absolute Gasteiger partial charge is 0.123 e. The van der Waals surface area contributed by atoms with Crippen LogP contribution in [0.1, 0.15) is 6.93 Å². The second-order valence-corrected chi connectivity index (χ2v) is 1.63. The molecule has 0 N–H and O–H groups in total. The molecule has 8 heavy (non-hydrogen) atoms. The SMILES string of the molecule is [2H]Cc1cccc(F)c1. The van der Waals surface area contributed by atoms with E-state index in [4.69, 9.17) is 1.37 Å². The molecule has 1 heteroatoms. The summed E-state index contributed by atoms with van der Waals surface area (Å²) in [5.74, 6) is -0.264. The monoisotopic (exact) mass is 111 g/mol. The lowest BCUT2D eigenvalue weighted by Gasteiger charge is -1.87. The van der Waals surface area contributed by atoms with Gasteiger partial charge in [-0.2, -0.15) is 0 Å². The predicted octanol–water partition coefficient (Wildman–Crippen LogP) is 2.13. The van der Waals surface area contributed by atoms with E-state index >= 15 is 0 Å². The highest BCUT2D eigenvalue weighted by Crippen LogP contribution is 1.99. The highest BCUT2D eigenvalue weighted by molar-refractivity contribution is 5.13. The van der Waals surface area contributed by atoms with E-state index in [0.717, 1.165) is 5.56 Å². The maximum Gasteiger partial charge on any atom is 0.123 e. The lowest BCUT2D eigenvalue weighted by molar-refractivity contribution is 0.626. The summed E-state index contributed by atoms with van der Waals surface area (Å²) in [5, 5.41) is 0. The average Bonchev–Trinajstić information content (AvgIpc) is 1.88. The zero-order valence-corrected chi connectivity index (χ0v) is 4.39. The number of hydrogen-bond acceptors (Lipinski definition) is 0. The first-order chi connectivity index (χ1) is 4.33. The Morgan fingerprint density at radius 2 is 2.50 bits per heavy atom. The second kappa shape index (κ2) is 1.95. The van der Waals surface area contributed by atoms with Gasteiger partial charge in [0, 0.05) is 1.37 Å². The summed E-state index contributed by atoms with van der Waals surface area (Å²) in [6.07, 6.45) is 0. The van der Waals surface area contributed by atoms with Gasteiger partial charge in [-0.15, -0.1) is 0 Å². The molecular formula is C7H7F. The standard InChI is InChI=1S/C7H7F/c1-6-3-2-4-7(8)5-6/h2-5H,1H3/i1D. The Kier molecular flexibility index (Phi) is 0.992. The molecule has 0 saturated carbocycles. The summed E-state index contributed by atoms with van der Waals surface area (Å²) in [7, 11) is 0. The van der Waals surface area contributed by atoms with Crippen LogP contribution in [0.4, 0.5) is 4.39 Å². The summed E-state index contributed by atoms with van der Waals surface area (Å²) >= 11 is 0. The van der Waals surface area contributed by atoms with E-state index < -0.39 is 0 Å². The second-order valence-electron chi connectivity index (χ2n) is 1.63. The summed E-state index contributed by atoms with van der Waals surface area (Å²) in [5.41, 5.74) is 0.718. The van der Waals surface area contributed by atoms with Gasteiger partial charge >= 0.3 is 0 Å². The third-order valence-electron chi connectivity index (χ3n) is 0.889. The van der Waals surface area contributed by atoms with Crippen LogP contribution in [0.25, 0.3) is 0 Å². The van der Waals surface area contributed by atoms with E-state index in [2.05, 4.69) is 0 Å². The van der Waals surface area contributed by atoms with Crippen LogP contribution < -0.4 is 0 Å². The summed E-state index contributed by atoms with van der Waals surface area (Å²) < 4.78 is 19.1. The molecule has 0 radical (unpaired) electrons. The van der Waals surface area contributed by atoms with Gasteiger partial charge in [0.15, 0.2) is 0 Å². The fourth-order valence-corrected chi connectivity index (χ4v) is 0.537. The molecule has 1 rings (SSSR count). The van der Waals surface area contributed by atoms with Gasteiger partial charge < -0.3 is 0 Å². The first-order valence-corrected chi connectivity index (χ1v) is 2.36. The molecule has 1 aromatic rings. The topological polar surface area (TPSA) is 0 Å². The van der Waals surface area contributed by atoms with E-state index in [0.29, 0.717) is 0 Å². The highest BCUT2D eigenvalue weighted by Gasteiger charge is 1.84. The van der Waals surface area contributed by atoms with Crippen LogP contribution >= 0.6 is 0 Å². The van der Waals surface area contributed by atoms with Crippen LogP contribution in [-0.2, 0) is 0 Å². The Morgan fingerprint density at radius 3 is 3.00 bits per heavy atom. The van der Waals surface area contributed by atoms with Crippen molar-refractivity contribution in [3.05, 3.63) is 35.6 Å². The predicted molar refractivity (Wildman–Crippen MR) is 31.1 cm³/mol. The molecule has 0 aromatic heterocycles. The van der Waals surface area contributed by atoms with Gasteiger partial charge in [0.25, 0.3) is 0 Å². The van der Waals surface area contributed by atoms with Crippen LogP contribution in [0.5, 0.6) is 0 Å². The van der Waals surface area contributed by atoms with E-state index in [1.165, 1.54) is 12.1 Å². The minimum Gasteiger partial charge on any atom is -0.207 e. The Labute approximate surface area is 49.4 Å². The molecular weight excluding hydrogens is 103 g/mol. The van der Waals surface area contributed by atoms with Gasteiger partial charge in [-0.3, -0.25) is 0 Å². The van der Waals surface area contributed by atoms with Crippen molar-refractivity contribution >= 4 is 0 Å². The molecule has 0 nitrogen and oxygen atoms in total. The van der Waals surface area contributed by atoms with Crippen molar-refractivity contribution < 1.29 is 5.76 Å². The van der Waals surface area contributed by atoms with Crippen LogP contribution in [0.15, 0.2) is 24.3 Å². The fraction of sp³-hybridized carbons (Fsp3) is 0.143. The van der Waals surface area contributed by atoms with Gasteiger partial charge in [0.2, 0.25) is 0 Å². The van der Waals surface area contributed by atoms with Crippen molar-refractivity contribution in [1.82, 2.24) is 0 Å². The van der Waals surface area contributed by atoms with E-state index in [1.807, 2.05) is 0 Å². The van der Waals surface area contributed by atoms with Crippen molar-refractivity contribution in [3.8, 4) is 0 Å². The van der Waals surface area contributed by atoms with Crippen LogP contribution in [0.3, 0.4) is 0 Å². The normalized spacial score (nSPS) is 10.9. The van der Waals surface area contributed by atoms with Crippen LogP contribution in [-0.4, -0.2) is 0 Å². The zero-order chi connectivity index (χ0) is 6.69. The molecule has 0 saturated heterocycles. The molecule has 0 aliphatic carbocycles. The van der Waals surface area contributed by atoms with Crippen LogP contribution in [0, 0.1) is 12.7 Å². The maximum atomic E-state index is 12.3. The number of hydrogen-bond donors (Lipinski definition) is 0. The molecule has 1 aromatic carbocycles. The fourth-order valence-electron chi connectivity index (χ4n) is 0.537. The first kappa shape index (κ1) is 4.07. The Bertz CT molecular complexity index is 198. The Morgan fingerprint density at radius 1 is 1.62 bits per heavy atom. The molecule has 0 aliphatic heterocycles. The van der Waals surface area contributed by atoms with Gasteiger partial charge in [-0.1, -0.05) is 12.1 Å². The average molecular weight is 111 g/mol. The van der Waals surface area contributed by atoms with Crippen LogP contribution in [0.2, 0.25) is 0 Å². The van der Waals surface area contributed by atoms with E-state index in [9.17, 15) is 4.39 Å². The molecule has 0 heterocycles. The molecule has 0 unspecified atom stereocenters. The lowest BCUT2D eigenvalue weighted by atomic mass is 10.2. The molecule has 0 aliphatic rings. The first-order valence-electron chi connectivity index (χ1n) is 3.07. The largest absolute Gasteiger partial charge is 0.207 e. The van der Waals surface area contributed by atoms with Crippen molar-refractivity contribution in [3.63, 3.8) is 0 Å². The van der Waals surface area contributed by atoms with Gasteiger partial charge in [0.1, 0.15) is 5.82 Å². The molecule has 0 spiro atoms. The Hall–Kier alpha value is -0.850. The minimum absolute atomic E-state index is 0.151.